The topological polar surface area (TPSA) is 67.9 Å². The maximum atomic E-state index is 12.4. The van der Waals surface area contributed by atoms with E-state index in [1.807, 2.05) is 0 Å². The van der Waals surface area contributed by atoms with Crippen LogP contribution in [0, 0.1) is 0 Å². The van der Waals surface area contributed by atoms with E-state index >= 15 is 0 Å². The maximum Gasteiger partial charge on any atom is 0.244 e. The van der Waals surface area contributed by atoms with E-state index in [1.165, 1.54) is 11.8 Å². The Hall–Kier alpha value is -2.44. The lowest BCUT2D eigenvalue weighted by Gasteiger charge is -2.22. The summed E-state index contributed by atoms with van der Waals surface area (Å²) in [6.07, 6.45) is 0. The summed E-state index contributed by atoms with van der Waals surface area (Å²) in [5.41, 5.74) is 0.920. The number of rotatable bonds is 4. The van der Waals surface area contributed by atoms with Gasteiger partial charge in [-0.2, -0.15) is 0 Å². The second-order valence-electron chi connectivity index (χ2n) is 5.58. The average molecular weight is 395 g/mol. The number of anilines is 2. The minimum Gasteiger partial charge on any atom is -0.486 e. The summed E-state index contributed by atoms with van der Waals surface area (Å²) < 4.78 is 10.9. The first-order valence-corrected chi connectivity index (χ1v) is 8.63. The van der Waals surface area contributed by atoms with Crippen LogP contribution in [0.25, 0.3) is 0 Å². The number of nitrogens with zero attached hydrogens (tertiary/aromatic N) is 1. The smallest absolute Gasteiger partial charge is 0.244 e. The predicted molar refractivity (Wildman–Crippen MR) is 101 cm³/mol. The lowest BCUT2D eigenvalue weighted by molar-refractivity contribution is -0.120. The standard InChI is InChI=1S/C18H16Cl2N2O4/c1-11(23)22(14-4-2-3-13(19)18(14)20)10-17(24)21-12-5-6-15-16(9-12)26-8-7-25-15/h2-6,9H,7-8,10H2,1H3,(H,21,24). The highest BCUT2D eigenvalue weighted by molar-refractivity contribution is 6.44. The number of amides is 2. The van der Waals surface area contributed by atoms with Crippen LogP contribution >= 0.6 is 23.2 Å². The van der Waals surface area contributed by atoms with Crippen LogP contribution in [0.3, 0.4) is 0 Å². The van der Waals surface area contributed by atoms with Crippen molar-refractivity contribution in [2.24, 2.45) is 0 Å². The van der Waals surface area contributed by atoms with Crippen molar-refractivity contribution in [3.8, 4) is 11.5 Å². The largest absolute Gasteiger partial charge is 0.486 e. The lowest BCUT2D eigenvalue weighted by Crippen LogP contribution is -2.36. The van der Waals surface area contributed by atoms with Crippen molar-refractivity contribution < 1.29 is 19.1 Å². The molecule has 1 aliphatic rings. The number of fused-ring (bicyclic) bond motifs is 1. The molecule has 6 nitrogen and oxygen atoms in total. The van der Waals surface area contributed by atoms with Gasteiger partial charge in [-0.1, -0.05) is 29.3 Å². The molecule has 0 atom stereocenters. The van der Waals surface area contributed by atoms with Gasteiger partial charge in [-0.25, -0.2) is 0 Å². The predicted octanol–water partition coefficient (Wildman–Crippen LogP) is 3.76. The van der Waals surface area contributed by atoms with Gasteiger partial charge in [0.1, 0.15) is 19.8 Å². The number of carbonyl (C=O) groups is 2. The molecule has 0 saturated heterocycles. The van der Waals surface area contributed by atoms with Crippen LogP contribution in [0.1, 0.15) is 6.92 Å². The molecule has 0 bridgehead atoms. The van der Waals surface area contributed by atoms with E-state index < -0.39 is 0 Å². The van der Waals surface area contributed by atoms with E-state index in [1.54, 1.807) is 36.4 Å². The molecule has 8 heteroatoms. The molecule has 1 aliphatic heterocycles. The molecule has 0 saturated carbocycles. The second kappa shape index (κ2) is 7.85. The van der Waals surface area contributed by atoms with Crippen molar-refractivity contribution in [3.05, 3.63) is 46.4 Å². The van der Waals surface area contributed by atoms with Gasteiger partial charge in [0.05, 0.1) is 15.7 Å². The molecule has 0 aromatic heterocycles. The Morgan fingerprint density at radius 2 is 1.85 bits per heavy atom. The quantitative estimate of drug-likeness (QED) is 0.856. The highest BCUT2D eigenvalue weighted by Gasteiger charge is 2.20. The van der Waals surface area contributed by atoms with Gasteiger partial charge in [0.15, 0.2) is 11.5 Å². The van der Waals surface area contributed by atoms with Crippen molar-refractivity contribution in [3.63, 3.8) is 0 Å². The fourth-order valence-electron chi connectivity index (χ4n) is 2.53. The summed E-state index contributed by atoms with van der Waals surface area (Å²) >= 11 is 12.2. The fourth-order valence-corrected chi connectivity index (χ4v) is 2.93. The van der Waals surface area contributed by atoms with Crippen molar-refractivity contribution in [2.75, 3.05) is 30.0 Å². The first-order chi connectivity index (χ1) is 12.5. The van der Waals surface area contributed by atoms with Crippen LogP contribution in [0.2, 0.25) is 10.0 Å². The van der Waals surface area contributed by atoms with E-state index in [2.05, 4.69) is 5.32 Å². The minimum absolute atomic E-state index is 0.205. The highest BCUT2D eigenvalue weighted by Crippen LogP contribution is 2.34. The Bertz CT molecular complexity index is 857. The SMILES string of the molecule is CC(=O)N(CC(=O)Nc1ccc2c(c1)OCCO2)c1cccc(Cl)c1Cl. The second-order valence-corrected chi connectivity index (χ2v) is 6.37. The zero-order valence-electron chi connectivity index (χ0n) is 13.9. The first-order valence-electron chi connectivity index (χ1n) is 7.87. The van der Waals surface area contributed by atoms with Crippen molar-refractivity contribution in [1.82, 2.24) is 0 Å². The zero-order chi connectivity index (χ0) is 18.7. The molecule has 26 heavy (non-hydrogen) atoms. The monoisotopic (exact) mass is 394 g/mol. The molecule has 1 heterocycles. The third-order valence-corrected chi connectivity index (χ3v) is 4.54. The number of ether oxygens (including phenoxy) is 2. The van der Waals surface area contributed by atoms with Gasteiger partial charge < -0.3 is 19.7 Å². The molecule has 2 aromatic carbocycles. The maximum absolute atomic E-state index is 12.4. The Morgan fingerprint density at radius 1 is 1.12 bits per heavy atom. The van der Waals surface area contributed by atoms with Gasteiger partial charge in [0, 0.05) is 18.7 Å². The van der Waals surface area contributed by atoms with Gasteiger partial charge in [-0.15, -0.1) is 0 Å². The highest BCUT2D eigenvalue weighted by atomic mass is 35.5. The lowest BCUT2D eigenvalue weighted by atomic mass is 10.2. The average Bonchev–Trinajstić information content (AvgIpc) is 2.62. The van der Waals surface area contributed by atoms with E-state index in [-0.39, 0.29) is 23.4 Å². The zero-order valence-corrected chi connectivity index (χ0v) is 15.4. The summed E-state index contributed by atoms with van der Waals surface area (Å²) in [5, 5.41) is 3.26. The van der Waals surface area contributed by atoms with Gasteiger partial charge in [-0.05, 0) is 24.3 Å². The van der Waals surface area contributed by atoms with Crippen molar-refractivity contribution >= 4 is 46.4 Å². The van der Waals surface area contributed by atoms with Crippen LogP contribution < -0.4 is 19.7 Å². The molecule has 3 rings (SSSR count). The number of halogens is 2. The Labute approximate surface area is 160 Å². The molecule has 0 radical (unpaired) electrons. The summed E-state index contributed by atoms with van der Waals surface area (Å²) in [7, 11) is 0. The molecule has 0 unspecified atom stereocenters. The number of carbonyl (C=O) groups excluding carboxylic acids is 2. The Balaban J connectivity index is 1.75. The molecular formula is C18H16Cl2N2O4. The fraction of sp³-hybridized carbons (Fsp3) is 0.222. The van der Waals surface area contributed by atoms with E-state index in [0.717, 1.165) is 0 Å². The van der Waals surface area contributed by atoms with Gasteiger partial charge >= 0.3 is 0 Å². The first kappa shape index (κ1) is 18.4. The molecule has 2 aromatic rings. The number of hydrogen-bond acceptors (Lipinski definition) is 4. The van der Waals surface area contributed by atoms with Gasteiger partial charge in [0.25, 0.3) is 0 Å². The Kier molecular flexibility index (Phi) is 5.54. The van der Waals surface area contributed by atoms with E-state index in [4.69, 9.17) is 32.7 Å². The van der Waals surface area contributed by atoms with Crippen LogP contribution in [0.15, 0.2) is 36.4 Å². The molecule has 0 aliphatic carbocycles. The van der Waals surface area contributed by atoms with Crippen LogP contribution in [0.5, 0.6) is 11.5 Å². The summed E-state index contributed by atoms with van der Waals surface area (Å²) in [4.78, 5) is 25.7. The molecule has 136 valence electrons. The number of hydrogen-bond donors (Lipinski definition) is 1. The number of nitrogens with one attached hydrogen (secondary N) is 1. The summed E-state index contributed by atoms with van der Waals surface area (Å²) in [6, 6.07) is 10.0. The molecule has 0 spiro atoms. The normalized spacial score (nSPS) is 12.4. The third kappa shape index (κ3) is 4.03. The molecular weight excluding hydrogens is 379 g/mol. The molecule has 2 amide bonds. The van der Waals surface area contributed by atoms with Crippen molar-refractivity contribution in [1.29, 1.82) is 0 Å². The van der Waals surface area contributed by atoms with Crippen molar-refractivity contribution in [2.45, 2.75) is 6.92 Å². The summed E-state index contributed by atoms with van der Waals surface area (Å²) in [5.74, 6) is 0.486. The van der Waals surface area contributed by atoms with E-state index in [0.29, 0.717) is 41.1 Å². The van der Waals surface area contributed by atoms with Crippen LogP contribution in [0.4, 0.5) is 11.4 Å². The summed E-state index contributed by atoms with van der Waals surface area (Å²) in [6.45, 7) is 2.10. The van der Waals surface area contributed by atoms with Crippen LogP contribution in [-0.2, 0) is 9.59 Å². The number of benzene rings is 2. The van der Waals surface area contributed by atoms with Crippen LogP contribution in [-0.4, -0.2) is 31.6 Å². The van der Waals surface area contributed by atoms with E-state index in [9.17, 15) is 9.59 Å². The molecule has 0 fully saturated rings. The minimum atomic E-state index is -0.382. The molecule has 1 N–H and O–H groups in total. The Morgan fingerprint density at radius 3 is 2.58 bits per heavy atom. The van der Waals surface area contributed by atoms with Gasteiger partial charge in [-0.3, -0.25) is 9.59 Å². The third-order valence-electron chi connectivity index (χ3n) is 3.73. The van der Waals surface area contributed by atoms with Gasteiger partial charge in [0.2, 0.25) is 11.8 Å².